The summed E-state index contributed by atoms with van der Waals surface area (Å²) in [6.45, 7) is 0. The maximum atomic E-state index is 9.84. The third kappa shape index (κ3) is 6.81. The molecule has 0 aliphatic heterocycles. The molecule has 4 nitrogen and oxygen atoms in total. The lowest BCUT2D eigenvalue weighted by atomic mass is 9.65. The van der Waals surface area contributed by atoms with E-state index in [1.54, 1.807) is 48.5 Å². The molecule has 4 heteroatoms. The van der Waals surface area contributed by atoms with Crippen LogP contribution in [0.5, 0.6) is 23.0 Å². The predicted molar refractivity (Wildman–Crippen MR) is 216 cm³/mol. The Morgan fingerprint density at radius 1 is 0.185 bits per heavy atom. The fraction of sp³-hybridized carbons (Fsp3) is 0.0400. The van der Waals surface area contributed by atoms with E-state index in [4.69, 9.17) is 0 Å². The zero-order valence-corrected chi connectivity index (χ0v) is 29.6. The van der Waals surface area contributed by atoms with Crippen LogP contribution in [0.3, 0.4) is 0 Å². The topological polar surface area (TPSA) is 80.9 Å². The first-order chi connectivity index (χ1) is 26.4. The Hall–Kier alpha value is -7.04. The zero-order chi connectivity index (χ0) is 37.4. The van der Waals surface area contributed by atoms with Crippen LogP contribution in [0.2, 0.25) is 0 Å². The Bertz CT molecular complexity index is 2010. The minimum absolute atomic E-state index is 0.236. The van der Waals surface area contributed by atoms with Gasteiger partial charge in [-0.25, -0.2) is 0 Å². The van der Waals surface area contributed by atoms with Crippen LogP contribution >= 0.6 is 0 Å². The van der Waals surface area contributed by atoms with Gasteiger partial charge in [0.15, 0.2) is 0 Å². The van der Waals surface area contributed by atoms with Crippen LogP contribution < -0.4 is 0 Å². The third-order valence-electron chi connectivity index (χ3n) is 10.0. The van der Waals surface area contributed by atoms with Crippen molar-refractivity contribution in [2.45, 2.75) is 10.8 Å². The van der Waals surface area contributed by atoms with Crippen molar-refractivity contribution >= 4 is 0 Å². The number of hydrogen-bond donors (Lipinski definition) is 4. The molecule has 0 bridgehead atoms. The van der Waals surface area contributed by atoms with Gasteiger partial charge in [0.1, 0.15) is 23.0 Å². The Balaban J connectivity index is 0.000000167. The first-order valence-corrected chi connectivity index (χ1v) is 17.8. The summed E-state index contributed by atoms with van der Waals surface area (Å²) >= 11 is 0. The van der Waals surface area contributed by atoms with Gasteiger partial charge in [-0.05, 0) is 93.0 Å². The fourth-order valence-corrected chi connectivity index (χ4v) is 7.60. The normalized spacial score (nSPS) is 11.3. The van der Waals surface area contributed by atoms with E-state index in [9.17, 15) is 20.4 Å². The number of rotatable bonds is 8. The molecule has 8 rings (SSSR count). The van der Waals surface area contributed by atoms with E-state index >= 15 is 0 Å². The second kappa shape index (κ2) is 15.7. The van der Waals surface area contributed by atoms with E-state index < -0.39 is 10.8 Å². The Kier molecular flexibility index (Phi) is 10.3. The number of aromatic hydroxyl groups is 4. The van der Waals surface area contributed by atoms with Gasteiger partial charge < -0.3 is 20.4 Å². The highest BCUT2D eigenvalue weighted by atomic mass is 16.3. The Morgan fingerprint density at radius 3 is 0.500 bits per heavy atom. The molecule has 0 aliphatic rings. The summed E-state index contributed by atoms with van der Waals surface area (Å²) in [5.74, 6) is 0.943. The standard InChI is InChI=1S/2C25H20O2/c2*26-23-15-11-21(12-16-23)25(19-7-3-1-4-8-19,20-9-5-2-6-10-20)22-13-17-24(27)18-14-22/h2*1-18,26-27H. The number of benzene rings is 8. The van der Waals surface area contributed by atoms with Crippen LogP contribution in [-0.2, 0) is 10.8 Å². The lowest BCUT2D eigenvalue weighted by molar-refractivity contribution is 0.473. The van der Waals surface area contributed by atoms with Gasteiger partial charge >= 0.3 is 0 Å². The van der Waals surface area contributed by atoms with Gasteiger partial charge in [0.05, 0.1) is 10.8 Å². The van der Waals surface area contributed by atoms with E-state index in [0.29, 0.717) is 0 Å². The molecule has 0 radical (unpaired) electrons. The van der Waals surface area contributed by atoms with Gasteiger partial charge in [-0.3, -0.25) is 0 Å². The van der Waals surface area contributed by atoms with Gasteiger partial charge in [-0.1, -0.05) is 170 Å². The first-order valence-electron chi connectivity index (χ1n) is 17.8. The highest BCUT2D eigenvalue weighted by molar-refractivity contribution is 5.62. The summed E-state index contributed by atoms with van der Waals surface area (Å²) in [6.07, 6.45) is 0. The highest BCUT2D eigenvalue weighted by Gasteiger charge is 2.39. The van der Waals surface area contributed by atoms with Gasteiger partial charge in [0.2, 0.25) is 0 Å². The van der Waals surface area contributed by atoms with Crippen molar-refractivity contribution in [1.29, 1.82) is 0 Å². The maximum absolute atomic E-state index is 9.84. The molecule has 0 amide bonds. The molecule has 0 saturated heterocycles. The van der Waals surface area contributed by atoms with Crippen LogP contribution in [0.1, 0.15) is 44.5 Å². The molecule has 0 aromatic heterocycles. The van der Waals surface area contributed by atoms with Crippen molar-refractivity contribution in [1.82, 2.24) is 0 Å². The van der Waals surface area contributed by atoms with E-state index in [1.807, 2.05) is 121 Å². The van der Waals surface area contributed by atoms with Crippen LogP contribution in [0.25, 0.3) is 0 Å². The molecule has 0 fully saturated rings. The van der Waals surface area contributed by atoms with Crippen molar-refractivity contribution in [2.24, 2.45) is 0 Å². The summed E-state index contributed by atoms with van der Waals surface area (Å²) in [5.41, 5.74) is 7.52. The van der Waals surface area contributed by atoms with Gasteiger partial charge in [0.25, 0.3) is 0 Å². The van der Waals surface area contributed by atoms with Crippen LogP contribution in [0.4, 0.5) is 0 Å². The van der Waals surface area contributed by atoms with Crippen molar-refractivity contribution < 1.29 is 20.4 Å². The molecule has 0 saturated carbocycles. The maximum Gasteiger partial charge on any atom is 0.115 e. The molecule has 4 N–H and O–H groups in total. The van der Waals surface area contributed by atoms with Crippen molar-refractivity contribution in [3.8, 4) is 23.0 Å². The second-order valence-electron chi connectivity index (χ2n) is 13.2. The summed E-state index contributed by atoms with van der Waals surface area (Å²) < 4.78 is 0. The van der Waals surface area contributed by atoms with Crippen LogP contribution in [-0.4, -0.2) is 20.4 Å². The smallest absolute Gasteiger partial charge is 0.115 e. The van der Waals surface area contributed by atoms with Crippen LogP contribution in [0.15, 0.2) is 218 Å². The molecular weight excluding hydrogens is 665 g/mol. The Morgan fingerprint density at radius 2 is 0.333 bits per heavy atom. The monoisotopic (exact) mass is 704 g/mol. The fourth-order valence-electron chi connectivity index (χ4n) is 7.60. The average Bonchev–Trinajstić information content (AvgIpc) is 3.23. The number of hydrogen-bond acceptors (Lipinski definition) is 4. The van der Waals surface area contributed by atoms with Gasteiger partial charge in [-0.15, -0.1) is 0 Å². The second-order valence-corrected chi connectivity index (χ2v) is 13.2. The Labute approximate surface area is 316 Å². The van der Waals surface area contributed by atoms with Crippen molar-refractivity contribution in [3.63, 3.8) is 0 Å². The molecule has 0 aliphatic carbocycles. The molecule has 0 unspecified atom stereocenters. The summed E-state index contributed by atoms with van der Waals surface area (Å²) in [5, 5.41) is 39.3. The average molecular weight is 705 g/mol. The lowest BCUT2D eigenvalue weighted by Gasteiger charge is -2.36. The zero-order valence-electron chi connectivity index (χ0n) is 29.6. The predicted octanol–water partition coefficient (Wildman–Crippen LogP) is 11.0. The minimum atomic E-state index is -0.566. The van der Waals surface area contributed by atoms with E-state index in [0.717, 1.165) is 44.5 Å². The molecule has 0 heterocycles. The van der Waals surface area contributed by atoms with Crippen molar-refractivity contribution in [2.75, 3.05) is 0 Å². The molecular formula is C50H40O4. The molecule has 264 valence electrons. The minimum Gasteiger partial charge on any atom is -0.508 e. The molecule has 8 aromatic rings. The summed E-state index contributed by atoms with van der Waals surface area (Å²) in [4.78, 5) is 0. The van der Waals surface area contributed by atoms with E-state index in [1.165, 1.54) is 0 Å². The van der Waals surface area contributed by atoms with E-state index in [2.05, 4.69) is 48.5 Å². The molecule has 54 heavy (non-hydrogen) atoms. The number of phenolic OH excluding ortho intramolecular Hbond substituents is 4. The molecule has 0 atom stereocenters. The SMILES string of the molecule is Oc1ccc(C(c2ccccc2)(c2ccccc2)c2ccc(O)cc2)cc1.Oc1ccc(C(c2ccccc2)(c2ccccc2)c2ccc(O)cc2)cc1. The quantitative estimate of drug-likeness (QED) is 0.119. The summed E-state index contributed by atoms with van der Waals surface area (Å²) in [6, 6.07) is 70.7. The van der Waals surface area contributed by atoms with Crippen molar-refractivity contribution in [3.05, 3.63) is 263 Å². The summed E-state index contributed by atoms with van der Waals surface area (Å²) in [7, 11) is 0. The van der Waals surface area contributed by atoms with Gasteiger partial charge in [0, 0.05) is 0 Å². The molecule has 0 spiro atoms. The van der Waals surface area contributed by atoms with Crippen LogP contribution in [0, 0.1) is 0 Å². The molecule has 8 aromatic carbocycles. The van der Waals surface area contributed by atoms with Gasteiger partial charge in [-0.2, -0.15) is 0 Å². The highest BCUT2D eigenvalue weighted by Crippen LogP contribution is 2.47. The number of phenols is 4. The van der Waals surface area contributed by atoms with E-state index in [-0.39, 0.29) is 23.0 Å². The third-order valence-corrected chi connectivity index (χ3v) is 10.0. The largest absolute Gasteiger partial charge is 0.508 e. The first kappa shape index (κ1) is 35.4. The lowest BCUT2D eigenvalue weighted by Crippen LogP contribution is -2.30.